The second-order valence-electron chi connectivity index (χ2n) is 4.71. The van der Waals surface area contributed by atoms with E-state index in [4.69, 9.17) is 15.3 Å². The molecule has 0 amide bonds. The molecule has 0 bridgehead atoms. The molecule has 8 heteroatoms. The normalized spacial score (nSPS) is 12.4. The number of rotatable bonds is 6. The first-order valence-electron chi connectivity index (χ1n) is 5.26. The Hall–Kier alpha value is -1.93. The van der Waals surface area contributed by atoms with E-state index in [1.165, 1.54) is 0 Å². The molecule has 0 spiro atoms. The molecular formula is C11H19NO7. The molecule has 0 saturated heterocycles. The van der Waals surface area contributed by atoms with Crippen LogP contribution in [0, 0.1) is 0 Å². The summed E-state index contributed by atoms with van der Waals surface area (Å²) >= 11 is 0. The highest BCUT2D eigenvalue weighted by molar-refractivity contribution is 5.89. The first-order chi connectivity index (χ1) is 8.44. The number of carboxylic acids is 3. The minimum atomic E-state index is -1.26. The minimum Gasteiger partial charge on any atom is -0.550 e. The molecule has 0 fully saturated rings. The number of quaternary nitrogens is 1. The molecule has 19 heavy (non-hydrogen) atoms. The molecule has 0 rings (SSSR count). The molecule has 0 aromatic heterocycles. The molecule has 0 heterocycles. The monoisotopic (exact) mass is 277 g/mol. The molecular weight excluding hydrogens is 258 g/mol. The number of aliphatic hydroxyl groups is 1. The number of nitrogens with zero attached hydrogens (tertiary/aromatic N) is 1. The molecule has 0 aromatic rings. The van der Waals surface area contributed by atoms with Crippen LogP contribution in [0.3, 0.4) is 0 Å². The zero-order valence-electron chi connectivity index (χ0n) is 11.1. The lowest BCUT2D eigenvalue weighted by molar-refractivity contribution is -0.873. The zero-order chi connectivity index (χ0) is 15.6. The van der Waals surface area contributed by atoms with Crippen LogP contribution in [0.5, 0.6) is 0 Å². The maximum Gasteiger partial charge on any atom is 0.328 e. The fourth-order valence-electron chi connectivity index (χ4n) is 1.03. The van der Waals surface area contributed by atoms with Crippen LogP contribution in [0.4, 0.5) is 0 Å². The van der Waals surface area contributed by atoms with E-state index in [0.717, 1.165) is 0 Å². The van der Waals surface area contributed by atoms with Gasteiger partial charge in [0.05, 0.1) is 21.1 Å². The third kappa shape index (κ3) is 21.8. The molecule has 0 saturated carbocycles. The summed E-state index contributed by atoms with van der Waals surface area (Å²) in [7, 11) is 5.66. The van der Waals surface area contributed by atoms with Crippen LogP contribution in [-0.4, -0.2) is 71.5 Å². The van der Waals surface area contributed by atoms with Gasteiger partial charge in [0.15, 0.2) is 0 Å². The van der Waals surface area contributed by atoms with Gasteiger partial charge in [0.2, 0.25) is 0 Å². The maximum atomic E-state index is 10.0. The van der Waals surface area contributed by atoms with Gasteiger partial charge >= 0.3 is 11.9 Å². The number of hydrogen-bond acceptors (Lipinski definition) is 5. The van der Waals surface area contributed by atoms with E-state index in [-0.39, 0.29) is 6.42 Å². The quantitative estimate of drug-likeness (QED) is 0.374. The summed E-state index contributed by atoms with van der Waals surface area (Å²) < 4.78 is 0.550. The van der Waals surface area contributed by atoms with Crippen LogP contribution in [0.2, 0.25) is 0 Å². The fourth-order valence-corrected chi connectivity index (χ4v) is 1.03. The average Bonchev–Trinajstić information content (AvgIpc) is 2.10. The first kappa shape index (κ1) is 19.4. The number of carbonyl (C=O) groups is 3. The highest BCUT2D eigenvalue weighted by atomic mass is 16.4. The number of hydrogen-bond donors (Lipinski definition) is 3. The Morgan fingerprint density at radius 3 is 1.68 bits per heavy atom. The summed E-state index contributed by atoms with van der Waals surface area (Å²) in [5, 5.41) is 34.8. The van der Waals surface area contributed by atoms with Crippen LogP contribution in [-0.2, 0) is 14.4 Å². The standard InChI is InChI=1S/C7H15NO3.C4H4O4/c1-8(2,3)5-6(9)4-7(10)11;5-3(6)1-2-4(7)8/h6,9H,4-5H2,1-3H3;1-2H,(H,5,6)(H,7,8)/b;2-1-. The lowest BCUT2D eigenvalue weighted by atomic mass is 10.2. The van der Waals surface area contributed by atoms with Gasteiger partial charge < -0.3 is 29.7 Å². The van der Waals surface area contributed by atoms with Gasteiger partial charge in [-0.15, -0.1) is 0 Å². The number of aliphatic carboxylic acids is 3. The van der Waals surface area contributed by atoms with Crippen molar-refractivity contribution in [1.82, 2.24) is 0 Å². The third-order valence-electron chi connectivity index (χ3n) is 1.53. The Balaban J connectivity index is 0. The van der Waals surface area contributed by atoms with E-state index in [0.29, 0.717) is 23.2 Å². The largest absolute Gasteiger partial charge is 0.550 e. The Labute approximate surface area is 110 Å². The van der Waals surface area contributed by atoms with Gasteiger partial charge in [0.25, 0.3) is 0 Å². The average molecular weight is 277 g/mol. The first-order valence-corrected chi connectivity index (χ1v) is 5.26. The fraction of sp³-hybridized carbons (Fsp3) is 0.545. The summed E-state index contributed by atoms with van der Waals surface area (Å²) in [4.78, 5) is 29.1. The van der Waals surface area contributed by atoms with Gasteiger partial charge in [-0.3, -0.25) is 0 Å². The summed E-state index contributed by atoms with van der Waals surface area (Å²) in [5.41, 5.74) is 0. The molecule has 0 radical (unpaired) electrons. The Morgan fingerprint density at radius 1 is 1.11 bits per heavy atom. The smallest absolute Gasteiger partial charge is 0.328 e. The summed E-state index contributed by atoms with van der Waals surface area (Å²) in [5.74, 6) is -3.72. The van der Waals surface area contributed by atoms with Gasteiger partial charge in [-0.05, 0) is 0 Å². The van der Waals surface area contributed by atoms with Crippen molar-refractivity contribution in [2.24, 2.45) is 0 Å². The van der Waals surface area contributed by atoms with E-state index in [9.17, 15) is 19.5 Å². The highest BCUT2D eigenvalue weighted by Crippen LogP contribution is 1.97. The second kappa shape index (κ2) is 9.06. The SMILES string of the molecule is C[N+](C)(C)CC(O)CC(=O)[O-].O=C(O)/C=C\C(=O)O. The Kier molecular flexibility index (Phi) is 9.26. The van der Waals surface area contributed by atoms with E-state index in [1.807, 2.05) is 21.1 Å². The van der Waals surface area contributed by atoms with Gasteiger partial charge in [-0.25, -0.2) is 9.59 Å². The topological polar surface area (TPSA) is 135 Å². The van der Waals surface area contributed by atoms with E-state index in [1.54, 1.807) is 0 Å². The minimum absolute atomic E-state index is 0.282. The number of aliphatic hydroxyl groups excluding tert-OH is 1. The van der Waals surface area contributed by atoms with Crippen LogP contribution < -0.4 is 5.11 Å². The van der Waals surface area contributed by atoms with Crippen molar-refractivity contribution in [3.8, 4) is 0 Å². The summed E-state index contributed by atoms with van der Waals surface area (Å²) in [6, 6.07) is 0. The van der Waals surface area contributed by atoms with E-state index in [2.05, 4.69) is 0 Å². The highest BCUT2D eigenvalue weighted by Gasteiger charge is 2.14. The molecule has 0 aliphatic carbocycles. The van der Waals surface area contributed by atoms with Crippen molar-refractivity contribution in [3.63, 3.8) is 0 Å². The van der Waals surface area contributed by atoms with E-state index < -0.39 is 24.0 Å². The van der Waals surface area contributed by atoms with Gasteiger partial charge in [-0.2, -0.15) is 0 Å². The zero-order valence-corrected chi connectivity index (χ0v) is 11.1. The van der Waals surface area contributed by atoms with E-state index >= 15 is 0 Å². The second-order valence-corrected chi connectivity index (χ2v) is 4.71. The number of likely N-dealkylation sites (N-methyl/N-ethyl adjacent to an activating group) is 1. The molecule has 8 nitrogen and oxygen atoms in total. The molecule has 110 valence electrons. The van der Waals surface area contributed by atoms with Crippen molar-refractivity contribution < 1.29 is 39.3 Å². The van der Waals surface area contributed by atoms with Crippen molar-refractivity contribution in [2.45, 2.75) is 12.5 Å². The van der Waals surface area contributed by atoms with Crippen molar-refractivity contribution >= 4 is 17.9 Å². The molecule has 1 atom stereocenters. The number of carboxylic acid groups (broad SMARTS) is 3. The van der Waals surface area contributed by atoms with Crippen LogP contribution in [0.15, 0.2) is 12.2 Å². The van der Waals surface area contributed by atoms with Gasteiger partial charge in [0.1, 0.15) is 12.6 Å². The molecule has 0 aliphatic rings. The molecule has 3 N–H and O–H groups in total. The predicted molar refractivity (Wildman–Crippen MR) is 62.9 cm³/mol. The van der Waals surface area contributed by atoms with Crippen LogP contribution in [0.25, 0.3) is 0 Å². The maximum absolute atomic E-state index is 10.0. The third-order valence-corrected chi connectivity index (χ3v) is 1.53. The predicted octanol–water partition coefficient (Wildman–Crippen LogP) is -2.09. The summed E-state index contributed by atoms with van der Waals surface area (Å²) in [6.45, 7) is 0.425. The van der Waals surface area contributed by atoms with Gasteiger partial charge in [-0.1, -0.05) is 0 Å². The van der Waals surface area contributed by atoms with Crippen molar-refractivity contribution in [3.05, 3.63) is 12.2 Å². The summed E-state index contributed by atoms with van der Waals surface area (Å²) in [6.07, 6.45) is 0.0280. The molecule has 0 aromatic carbocycles. The lowest BCUT2D eigenvalue weighted by Gasteiger charge is -2.26. The Morgan fingerprint density at radius 2 is 1.47 bits per heavy atom. The Bertz CT molecular complexity index is 327. The van der Waals surface area contributed by atoms with Gasteiger partial charge in [0, 0.05) is 24.5 Å². The molecule has 0 aliphatic heterocycles. The van der Waals surface area contributed by atoms with Crippen molar-refractivity contribution in [1.29, 1.82) is 0 Å². The van der Waals surface area contributed by atoms with Crippen LogP contribution >= 0.6 is 0 Å². The van der Waals surface area contributed by atoms with Crippen LogP contribution in [0.1, 0.15) is 6.42 Å². The lowest BCUT2D eigenvalue weighted by Crippen LogP contribution is -2.43. The van der Waals surface area contributed by atoms with Crippen molar-refractivity contribution in [2.75, 3.05) is 27.7 Å². The number of carbonyl (C=O) groups excluding carboxylic acids is 1. The molecule has 1 unspecified atom stereocenters.